The van der Waals surface area contributed by atoms with Gasteiger partial charge < -0.3 is 39.8 Å². The van der Waals surface area contributed by atoms with Crippen LogP contribution in [0.25, 0.3) is 33.4 Å². The Kier molecular flexibility index (Phi) is 9.91. The molecule has 0 unspecified atom stereocenters. The number of fused-ring (bicyclic) bond motifs is 8. The zero-order chi connectivity index (χ0) is 43.7. The van der Waals surface area contributed by atoms with Crippen LogP contribution in [0.4, 0.5) is 10.5 Å². The third-order valence-corrected chi connectivity index (χ3v) is 13.2. The number of esters is 1. The van der Waals surface area contributed by atoms with Gasteiger partial charge in [0.25, 0.3) is 5.56 Å². The SMILES string of the molecule is CCN(Cc1cc(NC(=O)[C@H](C)N)ccc1COc1ccc2nc3c(c4c2c1CCC4)Cn1c-3cc2c(c1=O)COC(=O)[C@]2(O)CC)C(=O)OC1c2ccccc2-c2ccccc21. The maximum atomic E-state index is 14.1. The Bertz CT molecular complexity index is 2930. The smallest absolute Gasteiger partial charge is 0.411 e. The average Bonchev–Trinajstić information content (AvgIpc) is 3.83. The molecule has 2 aliphatic carbocycles. The first-order valence-corrected chi connectivity index (χ1v) is 21.6. The van der Waals surface area contributed by atoms with Crippen LogP contribution in [0.15, 0.2) is 89.7 Å². The van der Waals surface area contributed by atoms with Crippen molar-refractivity contribution in [1.29, 1.82) is 0 Å². The number of pyridine rings is 2. The van der Waals surface area contributed by atoms with E-state index in [1.54, 1.807) is 35.4 Å². The fourth-order valence-corrected chi connectivity index (χ4v) is 9.75. The number of nitrogens with one attached hydrogen (secondary N) is 1. The maximum Gasteiger partial charge on any atom is 0.411 e. The molecule has 4 heterocycles. The van der Waals surface area contributed by atoms with Crippen molar-refractivity contribution in [3.05, 3.63) is 145 Å². The van der Waals surface area contributed by atoms with Gasteiger partial charge in [0.05, 0.1) is 35.1 Å². The summed E-state index contributed by atoms with van der Waals surface area (Å²) in [7, 11) is 0. The monoisotopic (exact) mass is 845 g/mol. The summed E-state index contributed by atoms with van der Waals surface area (Å²) in [5.74, 6) is -0.374. The summed E-state index contributed by atoms with van der Waals surface area (Å²) >= 11 is 0. The van der Waals surface area contributed by atoms with Gasteiger partial charge in [-0.25, -0.2) is 14.6 Å². The molecule has 320 valence electrons. The molecule has 6 aromatic rings. The third-order valence-electron chi connectivity index (χ3n) is 13.2. The molecule has 2 aliphatic heterocycles. The number of hydrogen-bond acceptors (Lipinski definition) is 10. The molecule has 0 saturated carbocycles. The van der Waals surface area contributed by atoms with Gasteiger partial charge in [-0.1, -0.05) is 61.5 Å². The van der Waals surface area contributed by atoms with E-state index in [2.05, 4.69) is 5.32 Å². The Morgan fingerprint density at radius 3 is 2.40 bits per heavy atom. The molecule has 4 aromatic carbocycles. The quantitative estimate of drug-likeness (QED) is 0.120. The van der Waals surface area contributed by atoms with Gasteiger partial charge in [-0.05, 0) is 97.7 Å². The molecular formula is C50H47N5O8. The molecule has 0 spiro atoms. The summed E-state index contributed by atoms with van der Waals surface area (Å²) < 4.78 is 19.9. The van der Waals surface area contributed by atoms with Crippen molar-refractivity contribution >= 4 is 34.6 Å². The van der Waals surface area contributed by atoms with Crippen LogP contribution in [0.2, 0.25) is 0 Å². The molecular weight excluding hydrogens is 799 g/mol. The van der Waals surface area contributed by atoms with Crippen LogP contribution >= 0.6 is 0 Å². The number of aromatic nitrogens is 2. The van der Waals surface area contributed by atoms with E-state index in [0.29, 0.717) is 41.5 Å². The van der Waals surface area contributed by atoms with E-state index in [1.165, 1.54) is 0 Å². The van der Waals surface area contributed by atoms with Gasteiger partial charge in [0.15, 0.2) is 11.7 Å². The van der Waals surface area contributed by atoms with Crippen molar-refractivity contribution in [1.82, 2.24) is 14.5 Å². The third kappa shape index (κ3) is 6.56. The van der Waals surface area contributed by atoms with E-state index < -0.39 is 29.8 Å². The molecule has 0 fully saturated rings. The Morgan fingerprint density at radius 1 is 0.952 bits per heavy atom. The van der Waals surface area contributed by atoms with Crippen molar-refractivity contribution < 1.29 is 33.7 Å². The van der Waals surface area contributed by atoms with Gasteiger partial charge in [0.1, 0.15) is 19.0 Å². The van der Waals surface area contributed by atoms with Crippen molar-refractivity contribution in [3.63, 3.8) is 0 Å². The zero-order valence-corrected chi connectivity index (χ0v) is 35.3. The van der Waals surface area contributed by atoms with E-state index in [9.17, 15) is 24.3 Å². The number of cyclic esters (lactones) is 1. The van der Waals surface area contributed by atoms with Gasteiger partial charge in [-0.2, -0.15) is 0 Å². The number of aryl methyl sites for hydroxylation is 2. The first kappa shape index (κ1) is 40.3. The lowest BCUT2D eigenvalue weighted by Crippen LogP contribution is -2.44. The Morgan fingerprint density at radius 2 is 1.68 bits per heavy atom. The predicted octanol–water partition coefficient (Wildman–Crippen LogP) is 7.16. The summed E-state index contributed by atoms with van der Waals surface area (Å²) in [6.45, 7) is 6.08. The number of carbonyl (C=O) groups excluding carboxylic acids is 3. The summed E-state index contributed by atoms with van der Waals surface area (Å²) in [6, 6.07) is 26.4. The van der Waals surface area contributed by atoms with Crippen molar-refractivity contribution in [3.8, 4) is 28.3 Å². The number of rotatable bonds is 10. The van der Waals surface area contributed by atoms with Crippen LogP contribution in [0.5, 0.6) is 5.75 Å². The molecule has 10 rings (SSSR count). The lowest BCUT2D eigenvalue weighted by atomic mass is 9.85. The minimum absolute atomic E-state index is 0.0710. The molecule has 63 heavy (non-hydrogen) atoms. The van der Waals surface area contributed by atoms with Gasteiger partial charge in [0, 0.05) is 52.0 Å². The maximum absolute atomic E-state index is 14.1. The first-order chi connectivity index (χ1) is 30.5. The number of ether oxygens (including phenoxy) is 3. The summed E-state index contributed by atoms with van der Waals surface area (Å²) in [4.78, 5) is 60.1. The molecule has 4 N–H and O–H groups in total. The van der Waals surface area contributed by atoms with Crippen LogP contribution in [-0.2, 0) is 63.8 Å². The van der Waals surface area contributed by atoms with E-state index >= 15 is 0 Å². The lowest BCUT2D eigenvalue weighted by Gasteiger charge is -2.31. The van der Waals surface area contributed by atoms with Crippen LogP contribution in [-0.4, -0.2) is 50.1 Å². The second kappa shape index (κ2) is 15.5. The summed E-state index contributed by atoms with van der Waals surface area (Å²) in [5.41, 5.74) is 15.5. The molecule has 2 amide bonds. The largest absolute Gasteiger partial charge is 0.489 e. The number of nitrogens with zero attached hydrogens (tertiary/aromatic N) is 3. The van der Waals surface area contributed by atoms with Crippen molar-refractivity contribution in [2.24, 2.45) is 5.73 Å². The van der Waals surface area contributed by atoms with Gasteiger partial charge >= 0.3 is 12.1 Å². The molecule has 13 heteroatoms. The lowest BCUT2D eigenvalue weighted by molar-refractivity contribution is -0.172. The highest BCUT2D eigenvalue weighted by atomic mass is 16.6. The minimum atomic E-state index is -1.90. The number of benzene rings is 4. The highest BCUT2D eigenvalue weighted by Gasteiger charge is 2.45. The molecule has 13 nitrogen and oxygen atoms in total. The Hall–Kier alpha value is -6.83. The molecule has 2 atom stereocenters. The topological polar surface area (TPSA) is 175 Å². The average molecular weight is 846 g/mol. The first-order valence-electron chi connectivity index (χ1n) is 21.6. The Balaban J connectivity index is 0.955. The summed E-state index contributed by atoms with van der Waals surface area (Å²) in [6.07, 6.45) is 1.47. The van der Waals surface area contributed by atoms with Crippen LogP contribution < -0.4 is 21.3 Å². The van der Waals surface area contributed by atoms with E-state index in [1.807, 2.05) is 79.7 Å². The molecule has 2 aromatic heterocycles. The minimum Gasteiger partial charge on any atom is -0.489 e. The van der Waals surface area contributed by atoms with Gasteiger partial charge in [0.2, 0.25) is 5.91 Å². The number of anilines is 1. The number of carbonyl (C=O) groups is 3. The van der Waals surface area contributed by atoms with Crippen LogP contribution in [0.3, 0.4) is 0 Å². The summed E-state index contributed by atoms with van der Waals surface area (Å²) in [5, 5.41) is 15.3. The molecule has 4 aliphatic rings. The molecule has 0 radical (unpaired) electrons. The second-order valence-electron chi connectivity index (χ2n) is 16.8. The standard InChI is InChI=1S/C50H47N5O8/c1-4-50(60)39-22-41-44-37(24-55(41)47(57)38(39)26-62-48(50)58)33-15-10-16-36-42(20-19-40(53-44)43(33)36)61-25-28-17-18-30(52-46(56)27(3)51)21-29(28)23-54(5-2)49(59)63-45-34-13-8-6-11-31(34)32-12-7-9-14-35(32)45/h6-9,11-14,17-22,27,45,60H,4-5,10,15-16,23-26,51H2,1-3H3,(H,52,56)/t27-,50-/m0/s1. The number of hydrogen-bond donors (Lipinski definition) is 3. The highest BCUT2D eigenvalue weighted by Crippen LogP contribution is 2.46. The van der Waals surface area contributed by atoms with E-state index in [-0.39, 0.29) is 43.2 Å². The van der Waals surface area contributed by atoms with E-state index in [4.69, 9.17) is 24.9 Å². The Labute approximate surface area is 363 Å². The predicted molar refractivity (Wildman–Crippen MR) is 236 cm³/mol. The van der Waals surface area contributed by atoms with Crippen LogP contribution in [0.1, 0.15) is 89.8 Å². The van der Waals surface area contributed by atoms with Crippen LogP contribution in [0, 0.1) is 0 Å². The number of nitrogens with two attached hydrogens (primary N) is 1. The fourth-order valence-electron chi connectivity index (χ4n) is 9.75. The van der Waals surface area contributed by atoms with Gasteiger partial charge in [-0.3, -0.25) is 9.59 Å². The highest BCUT2D eigenvalue weighted by molar-refractivity contribution is 5.95. The number of amides is 2. The van der Waals surface area contributed by atoms with Crippen molar-refractivity contribution in [2.45, 2.75) is 90.5 Å². The van der Waals surface area contributed by atoms with E-state index in [0.717, 1.165) is 80.2 Å². The zero-order valence-electron chi connectivity index (χ0n) is 35.3. The second-order valence-corrected chi connectivity index (χ2v) is 16.8. The molecule has 0 saturated heterocycles. The van der Waals surface area contributed by atoms with Crippen molar-refractivity contribution in [2.75, 3.05) is 11.9 Å². The normalized spacial score (nSPS) is 17.2. The fraction of sp³-hybridized carbons (Fsp3) is 0.300. The van der Waals surface area contributed by atoms with Gasteiger partial charge in [-0.15, -0.1) is 0 Å². The number of aliphatic hydroxyl groups is 1. The molecule has 0 bridgehead atoms.